The Labute approximate surface area is 117 Å². The molecule has 5 heteroatoms. The number of hydrogen-bond acceptors (Lipinski definition) is 4. The molecule has 5 nitrogen and oxygen atoms in total. The minimum absolute atomic E-state index is 0.162. The van der Waals surface area contributed by atoms with Crippen molar-refractivity contribution in [3.8, 4) is 0 Å². The topological polar surface area (TPSA) is 82.5 Å². The molecule has 1 unspecified atom stereocenters. The predicted octanol–water partition coefficient (Wildman–Crippen LogP) is 2.36. The Kier molecular flexibility index (Phi) is 4.53. The van der Waals surface area contributed by atoms with Crippen molar-refractivity contribution in [3.05, 3.63) is 36.0 Å². The second-order valence-electron chi connectivity index (χ2n) is 4.87. The van der Waals surface area contributed by atoms with Gasteiger partial charge >= 0.3 is 5.97 Å². The number of aromatic carboxylic acids is 1. The Morgan fingerprint density at radius 1 is 1.35 bits per heavy atom. The molecule has 106 valence electrons. The van der Waals surface area contributed by atoms with Crippen molar-refractivity contribution in [2.45, 2.75) is 13.3 Å². The molecule has 0 aliphatic heterocycles. The summed E-state index contributed by atoms with van der Waals surface area (Å²) in [6, 6.07) is 7.31. The number of nitrogens with one attached hydrogen (secondary N) is 1. The van der Waals surface area contributed by atoms with Crippen LogP contribution in [0.2, 0.25) is 0 Å². The zero-order chi connectivity index (χ0) is 14.5. The normalized spacial score (nSPS) is 12.3. The zero-order valence-electron chi connectivity index (χ0n) is 11.3. The summed E-state index contributed by atoms with van der Waals surface area (Å²) in [5.74, 6) is 0.0176. The van der Waals surface area contributed by atoms with Crippen molar-refractivity contribution in [1.82, 2.24) is 4.98 Å². The van der Waals surface area contributed by atoms with Gasteiger partial charge in [-0.05, 0) is 12.3 Å². The van der Waals surface area contributed by atoms with Crippen molar-refractivity contribution in [2.75, 3.05) is 18.5 Å². The molecular weight excluding hydrogens is 256 g/mol. The van der Waals surface area contributed by atoms with Crippen LogP contribution < -0.4 is 5.32 Å². The molecule has 1 heterocycles. The highest BCUT2D eigenvalue weighted by Gasteiger charge is 2.12. The molecule has 2 rings (SSSR count). The van der Waals surface area contributed by atoms with E-state index in [4.69, 9.17) is 5.11 Å². The van der Waals surface area contributed by atoms with Crippen molar-refractivity contribution >= 4 is 22.6 Å². The monoisotopic (exact) mass is 274 g/mol. The fourth-order valence-corrected chi connectivity index (χ4v) is 2.10. The second-order valence-corrected chi connectivity index (χ2v) is 4.87. The van der Waals surface area contributed by atoms with E-state index in [9.17, 15) is 9.90 Å². The molecule has 0 aliphatic rings. The molecule has 0 radical (unpaired) electrons. The Balaban J connectivity index is 2.31. The molecule has 0 saturated heterocycles. The third-order valence-electron chi connectivity index (χ3n) is 3.27. The molecule has 0 amide bonds. The number of carboxylic acid groups (broad SMARTS) is 1. The molecule has 0 fully saturated rings. The molecule has 0 saturated carbocycles. The average Bonchev–Trinajstić information content (AvgIpc) is 2.44. The zero-order valence-corrected chi connectivity index (χ0v) is 11.3. The lowest BCUT2D eigenvalue weighted by atomic mass is 10.1. The highest BCUT2D eigenvalue weighted by Crippen LogP contribution is 2.24. The van der Waals surface area contributed by atoms with Gasteiger partial charge in [0.05, 0.1) is 5.56 Å². The standard InChI is InChI=1S/C15H18N2O3/c1-10(6-7-18)8-16-14-12-5-3-2-4-11(12)13(9-17-14)15(19)20/h2-5,9-10,18H,6-8H2,1H3,(H,16,17)(H,19,20). The van der Waals surface area contributed by atoms with Crippen LogP contribution >= 0.6 is 0 Å². The van der Waals surface area contributed by atoms with E-state index in [1.807, 2.05) is 25.1 Å². The fourth-order valence-electron chi connectivity index (χ4n) is 2.10. The van der Waals surface area contributed by atoms with Crippen LogP contribution in [0, 0.1) is 5.92 Å². The third-order valence-corrected chi connectivity index (χ3v) is 3.27. The maximum absolute atomic E-state index is 11.2. The molecule has 1 aromatic carbocycles. The summed E-state index contributed by atoms with van der Waals surface area (Å²) in [6.45, 7) is 2.88. The highest BCUT2D eigenvalue weighted by molar-refractivity contribution is 6.06. The van der Waals surface area contributed by atoms with Crippen molar-refractivity contribution in [2.24, 2.45) is 5.92 Å². The van der Waals surface area contributed by atoms with Gasteiger partial charge < -0.3 is 15.5 Å². The van der Waals surface area contributed by atoms with Crippen LogP contribution in [0.4, 0.5) is 5.82 Å². The summed E-state index contributed by atoms with van der Waals surface area (Å²) in [5, 5.41) is 22.8. The van der Waals surface area contributed by atoms with E-state index < -0.39 is 5.97 Å². The lowest BCUT2D eigenvalue weighted by Gasteiger charge is -2.14. The number of rotatable bonds is 6. The first kappa shape index (κ1) is 14.3. The Bertz CT molecular complexity index is 613. The predicted molar refractivity (Wildman–Crippen MR) is 78.1 cm³/mol. The number of aliphatic hydroxyl groups is 1. The van der Waals surface area contributed by atoms with Gasteiger partial charge in [0.25, 0.3) is 0 Å². The van der Waals surface area contributed by atoms with Crippen LogP contribution in [-0.4, -0.2) is 34.3 Å². The van der Waals surface area contributed by atoms with Crippen LogP contribution in [0.5, 0.6) is 0 Å². The average molecular weight is 274 g/mol. The molecule has 1 atom stereocenters. The van der Waals surface area contributed by atoms with Gasteiger partial charge in [-0.15, -0.1) is 0 Å². The molecule has 0 spiro atoms. The van der Waals surface area contributed by atoms with E-state index in [-0.39, 0.29) is 12.2 Å². The summed E-state index contributed by atoms with van der Waals surface area (Å²) in [6.07, 6.45) is 2.10. The maximum atomic E-state index is 11.2. The molecule has 2 aromatic rings. The fraction of sp³-hybridized carbons (Fsp3) is 0.333. The number of benzene rings is 1. The lowest BCUT2D eigenvalue weighted by molar-refractivity contribution is 0.0698. The van der Waals surface area contributed by atoms with E-state index >= 15 is 0 Å². The van der Waals surface area contributed by atoms with Crippen molar-refractivity contribution in [1.29, 1.82) is 0 Å². The van der Waals surface area contributed by atoms with Crippen LogP contribution in [0.15, 0.2) is 30.5 Å². The number of aromatic nitrogens is 1. The van der Waals surface area contributed by atoms with Gasteiger partial charge in [-0.2, -0.15) is 0 Å². The summed E-state index contributed by atoms with van der Waals surface area (Å²) in [5.41, 5.74) is 0.203. The summed E-state index contributed by atoms with van der Waals surface area (Å²) >= 11 is 0. The second kappa shape index (κ2) is 6.34. The lowest BCUT2D eigenvalue weighted by Crippen LogP contribution is -2.14. The number of hydrogen-bond donors (Lipinski definition) is 3. The first-order valence-corrected chi connectivity index (χ1v) is 6.59. The SMILES string of the molecule is CC(CCO)CNc1ncc(C(=O)O)c2ccccc12. The Morgan fingerprint density at radius 2 is 2.05 bits per heavy atom. The van der Waals surface area contributed by atoms with Gasteiger partial charge in [0, 0.05) is 30.1 Å². The molecule has 3 N–H and O–H groups in total. The van der Waals surface area contributed by atoms with Crippen LogP contribution in [0.3, 0.4) is 0 Å². The van der Waals surface area contributed by atoms with Gasteiger partial charge in [-0.1, -0.05) is 31.2 Å². The number of fused-ring (bicyclic) bond motifs is 1. The van der Waals surface area contributed by atoms with Crippen LogP contribution in [0.25, 0.3) is 10.8 Å². The first-order chi connectivity index (χ1) is 9.63. The van der Waals surface area contributed by atoms with Gasteiger partial charge in [-0.3, -0.25) is 0 Å². The quantitative estimate of drug-likeness (QED) is 0.753. The number of anilines is 1. The minimum atomic E-state index is -0.978. The van der Waals surface area contributed by atoms with Crippen LogP contribution in [-0.2, 0) is 0 Å². The smallest absolute Gasteiger partial charge is 0.337 e. The van der Waals surface area contributed by atoms with E-state index in [1.54, 1.807) is 6.07 Å². The van der Waals surface area contributed by atoms with Gasteiger partial charge in [-0.25, -0.2) is 9.78 Å². The summed E-state index contributed by atoms with van der Waals surface area (Å²) < 4.78 is 0. The van der Waals surface area contributed by atoms with Gasteiger partial charge in [0.1, 0.15) is 5.82 Å². The number of carbonyl (C=O) groups is 1. The maximum Gasteiger partial charge on any atom is 0.337 e. The van der Waals surface area contributed by atoms with Crippen molar-refractivity contribution in [3.63, 3.8) is 0 Å². The van der Waals surface area contributed by atoms with E-state index in [0.717, 1.165) is 11.8 Å². The third kappa shape index (κ3) is 3.05. The van der Waals surface area contributed by atoms with Gasteiger partial charge in [0.15, 0.2) is 0 Å². The number of carboxylic acids is 1. The summed E-state index contributed by atoms with van der Waals surface area (Å²) in [4.78, 5) is 15.4. The largest absolute Gasteiger partial charge is 0.478 e. The molecule has 0 aliphatic carbocycles. The number of aliphatic hydroxyl groups excluding tert-OH is 1. The van der Waals surface area contributed by atoms with E-state index in [2.05, 4.69) is 10.3 Å². The Morgan fingerprint density at radius 3 is 2.70 bits per heavy atom. The molecule has 0 bridgehead atoms. The van der Waals surface area contributed by atoms with E-state index in [0.29, 0.717) is 23.7 Å². The molecule has 20 heavy (non-hydrogen) atoms. The minimum Gasteiger partial charge on any atom is -0.478 e. The van der Waals surface area contributed by atoms with Crippen molar-refractivity contribution < 1.29 is 15.0 Å². The first-order valence-electron chi connectivity index (χ1n) is 6.59. The van der Waals surface area contributed by atoms with Gasteiger partial charge in [0.2, 0.25) is 0 Å². The number of nitrogens with zero attached hydrogens (tertiary/aromatic N) is 1. The van der Waals surface area contributed by atoms with E-state index in [1.165, 1.54) is 6.20 Å². The summed E-state index contributed by atoms with van der Waals surface area (Å²) in [7, 11) is 0. The Hall–Kier alpha value is -2.14. The van der Waals surface area contributed by atoms with Crippen LogP contribution in [0.1, 0.15) is 23.7 Å². The molecule has 1 aromatic heterocycles. The highest BCUT2D eigenvalue weighted by atomic mass is 16.4. The molecular formula is C15H18N2O3. The number of pyridine rings is 1.